The van der Waals surface area contributed by atoms with Gasteiger partial charge in [0.2, 0.25) is 5.91 Å². The average molecular weight is 446 g/mol. The van der Waals surface area contributed by atoms with Gasteiger partial charge >= 0.3 is 0 Å². The van der Waals surface area contributed by atoms with E-state index in [1.54, 1.807) is 10.6 Å². The number of para-hydroxylation sites is 1. The molecule has 7 heteroatoms. The Labute approximate surface area is 170 Å². The molecule has 0 atom stereocenters. The second kappa shape index (κ2) is 9.19. The zero-order valence-electron chi connectivity index (χ0n) is 14.9. The Morgan fingerprint density at radius 1 is 1.22 bits per heavy atom. The third-order valence-electron chi connectivity index (χ3n) is 4.00. The largest absolute Gasteiger partial charge is 0.325 e. The Balaban J connectivity index is 1.80. The third kappa shape index (κ3) is 4.99. The Hall–Kier alpha value is -2.12. The van der Waals surface area contributed by atoms with E-state index in [1.807, 2.05) is 42.5 Å². The van der Waals surface area contributed by atoms with Gasteiger partial charge in [-0.2, -0.15) is 0 Å². The van der Waals surface area contributed by atoms with E-state index in [1.165, 1.54) is 11.8 Å². The number of thioether (sulfide) groups is 1. The molecule has 1 N–H and O–H groups in total. The van der Waals surface area contributed by atoms with Gasteiger partial charge in [0, 0.05) is 16.7 Å². The number of hydrogen-bond donors (Lipinski definition) is 1. The molecule has 0 aliphatic heterocycles. The minimum absolute atomic E-state index is 0.0519. The maximum Gasteiger partial charge on any atom is 0.262 e. The summed E-state index contributed by atoms with van der Waals surface area (Å²) in [6.07, 6.45) is 1.87. The summed E-state index contributed by atoms with van der Waals surface area (Å²) in [6, 6.07) is 14.8. The standard InChI is InChI=1S/C20H20BrN3O2S/c1-2-3-11-24-19(26)16-9-4-5-10-17(16)23-20(24)27-13-18(25)22-15-8-6-7-14(21)12-15/h4-10,12H,2-3,11,13H2,1H3,(H,22,25). The number of carbonyl (C=O) groups is 1. The van der Waals surface area contributed by atoms with Crippen LogP contribution < -0.4 is 10.9 Å². The van der Waals surface area contributed by atoms with E-state index in [4.69, 9.17) is 0 Å². The molecule has 1 amide bonds. The van der Waals surface area contributed by atoms with Crippen molar-refractivity contribution in [1.29, 1.82) is 0 Å². The van der Waals surface area contributed by atoms with Crippen LogP contribution in [0.15, 0.2) is 63.0 Å². The monoisotopic (exact) mass is 445 g/mol. The van der Waals surface area contributed by atoms with Crippen LogP contribution in [0.1, 0.15) is 19.8 Å². The molecule has 1 heterocycles. The Kier molecular flexibility index (Phi) is 6.68. The molecular weight excluding hydrogens is 426 g/mol. The third-order valence-corrected chi connectivity index (χ3v) is 5.47. The Morgan fingerprint density at radius 3 is 2.81 bits per heavy atom. The maximum atomic E-state index is 12.8. The summed E-state index contributed by atoms with van der Waals surface area (Å²) in [6.45, 7) is 2.68. The van der Waals surface area contributed by atoms with Crippen LogP contribution in [0, 0.1) is 0 Å². The molecule has 3 aromatic rings. The molecule has 0 aliphatic rings. The highest BCUT2D eigenvalue weighted by atomic mass is 79.9. The second-order valence-corrected chi connectivity index (χ2v) is 7.93. The lowest BCUT2D eigenvalue weighted by Gasteiger charge is -2.13. The highest BCUT2D eigenvalue weighted by Gasteiger charge is 2.13. The molecule has 2 aromatic carbocycles. The number of rotatable bonds is 7. The fourth-order valence-corrected chi connectivity index (χ4v) is 3.89. The van der Waals surface area contributed by atoms with Gasteiger partial charge in [-0.05, 0) is 36.8 Å². The predicted octanol–water partition coefficient (Wildman–Crippen LogP) is 4.69. The number of carbonyl (C=O) groups excluding carboxylic acids is 1. The van der Waals surface area contributed by atoms with Gasteiger partial charge in [0.25, 0.3) is 5.56 Å². The van der Waals surface area contributed by atoms with Gasteiger partial charge in [0.15, 0.2) is 5.16 Å². The number of fused-ring (bicyclic) bond motifs is 1. The lowest BCUT2D eigenvalue weighted by atomic mass is 10.2. The van der Waals surface area contributed by atoms with Crippen LogP contribution in [0.4, 0.5) is 5.69 Å². The molecule has 0 fully saturated rings. The van der Waals surface area contributed by atoms with Crippen LogP contribution in [0.2, 0.25) is 0 Å². The topological polar surface area (TPSA) is 64.0 Å². The first-order chi connectivity index (χ1) is 13.1. The maximum absolute atomic E-state index is 12.8. The number of unbranched alkanes of at least 4 members (excludes halogenated alkanes) is 1. The normalized spacial score (nSPS) is 10.9. The first-order valence-electron chi connectivity index (χ1n) is 8.76. The van der Waals surface area contributed by atoms with Gasteiger partial charge in [-0.1, -0.05) is 59.2 Å². The predicted molar refractivity (Wildman–Crippen MR) is 114 cm³/mol. The molecule has 140 valence electrons. The molecule has 0 spiro atoms. The smallest absolute Gasteiger partial charge is 0.262 e. The minimum atomic E-state index is -0.137. The Bertz CT molecular complexity index is 1020. The van der Waals surface area contributed by atoms with Crippen LogP contribution in [0.3, 0.4) is 0 Å². The van der Waals surface area contributed by atoms with E-state index in [0.717, 1.165) is 23.0 Å². The molecule has 0 saturated heterocycles. The molecule has 5 nitrogen and oxygen atoms in total. The Morgan fingerprint density at radius 2 is 2.04 bits per heavy atom. The van der Waals surface area contributed by atoms with Crippen molar-refractivity contribution in [1.82, 2.24) is 9.55 Å². The van der Waals surface area contributed by atoms with Crippen molar-refractivity contribution in [2.24, 2.45) is 0 Å². The first-order valence-corrected chi connectivity index (χ1v) is 10.5. The molecule has 27 heavy (non-hydrogen) atoms. The number of anilines is 1. The number of halogens is 1. The van der Waals surface area contributed by atoms with Gasteiger partial charge in [-0.3, -0.25) is 14.2 Å². The summed E-state index contributed by atoms with van der Waals surface area (Å²) in [5.74, 6) is 0.0474. The summed E-state index contributed by atoms with van der Waals surface area (Å²) >= 11 is 4.67. The van der Waals surface area contributed by atoms with Gasteiger partial charge in [0.1, 0.15) is 0 Å². The summed E-state index contributed by atoms with van der Waals surface area (Å²) in [5, 5.41) is 4.05. The van der Waals surface area contributed by atoms with Gasteiger partial charge in [-0.25, -0.2) is 4.98 Å². The molecule has 0 bridgehead atoms. The number of amides is 1. The molecule has 0 saturated carbocycles. The molecule has 0 unspecified atom stereocenters. The lowest BCUT2D eigenvalue weighted by Crippen LogP contribution is -2.24. The van der Waals surface area contributed by atoms with Crippen molar-refractivity contribution >= 4 is 50.2 Å². The second-order valence-electron chi connectivity index (χ2n) is 6.07. The summed E-state index contributed by atoms with van der Waals surface area (Å²) in [4.78, 5) is 29.8. The van der Waals surface area contributed by atoms with Crippen LogP contribution in [-0.2, 0) is 11.3 Å². The summed E-state index contributed by atoms with van der Waals surface area (Å²) < 4.78 is 2.58. The van der Waals surface area contributed by atoms with Crippen molar-refractivity contribution in [3.8, 4) is 0 Å². The number of nitrogens with zero attached hydrogens (tertiary/aromatic N) is 2. The molecular formula is C20H20BrN3O2S. The van der Waals surface area contributed by atoms with E-state index >= 15 is 0 Å². The van der Waals surface area contributed by atoms with Crippen molar-refractivity contribution < 1.29 is 4.79 Å². The van der Waals surface area contributed by atoms with Crippen molar-refractivity contribution in [2.45, 2.75) is 31.5 Å². The zero-order chi connectivity index (χ0) is 19.2. The van der Waals surface area contributed by atoms with Crippen molar-refractivity contribution in [2.75, 3.05) is 11.1 Å². The molecule has 3 rings (SSSR count). The van der Waals surface area contributed by atoms with Crippen molar-refractivity contribution in [3.05, 3.63) is 63.4 Å². The zero-order valence-corrected chi connectivity index (χ0v) is 17.3. The number of nitrogens with one attached hydrogen (secondary N) is 1. The number of benzene rings is 2. The molecule has 0 radical (unpaired) electrons. The van der Waals surface area contributed by atoms with Gasteiger partial charge < -0.3 is 5.32 Å². The average Bonchev–Trinajstić information content (AvgIpc) is 2.66. The van der Waals surface area contributed by atoms with Crippen LogP contribution in [0.5, 0.6) is 0 Å². The van der Waals surface area contributed by atoms with E-state index in [9.17, 15) is 9.59 Å². The SMILES string of the molecule is CCCCn1c(SCC(=O)Nc2cccc(Br)c2)nc2ccccc2c1=O. The van der Waals surface area contributed by atoms with Gasteiger partial charge in [0.05, 0.1) is 16.7 Å². The van der Waals surface area contributed by atoms with E-state index in [0.29, 0.717) is 22.6 Å². The van der Waals surface area contributed by atoms with E-state index < -0.39 is 0 Å². The molecule has 0 aliphatic carbocycles. The number of aromatic nitrogens is 2. The lowest BCUT2D eigenvalue weighted by molar-refractivity contribution is -0.113. The fraction of sp³-hybridized carbons (Fsp3) is 0.250. The highest BCUT2D eigenvalue weighted by Crippen LogP contribution is 2.20. The highest BCUT2D eigenvalue weighted by molar-refractivity contribution is 9.10. The quantitative estimate of drug-likeness (QED) is 0.423. The van der Waals surface area contributed by atoms with Crippen molar-refractivity contribution in [3.63, 3.8) is 0 Å². The number of hydrogen-bond acceptors (Lipinski definition) is 4. The molecule has 1 aromatic heterocycles. The van der Waals surface area contributed by atoms with Gasteiger partial charge in [-0.15, -0.1) is 0 Å². The first kappa shape index (κ1) is 19.6. The van der Waals surface area contributed by atoms with Crippen LogP contribution in [-0.4, -0.2) is 21.2 Å². The fourth-order valence-electron chi connectivity index (χ4n) is 2.66. The summed E-state index contributed by atoms with van der Waals surface area (Å²) in [7, 11) is 0. The minimum Gasteiger partial charge on any atom is -0.325 e. The van der Waals surface area contributed by atoms with Crippen LogP contribution >= 0.6 is 27.7 Å². The summed E-state index contributed by atoms with van der Waals surface area (Å²) in [5.41, 5.74) is 1.33. The van der Waals surface area contributed by atoms with E-state index in [2.05, 4.69) is 33.2 Å². The van der Waals surface area contributed by atoms with Crippen LogP contribution in [0.25, 0.3) is 10.9 Å². The van der Waals surface area contributed by atoms with E-state index in [-0.39, 0.29) is 17.2 Å².